The van der Waals surface area contributed by atoms with Crippen LogP contribution in [0.4, 0.5) is 0 Å². The summed E-state index contributed by atoms with van der Waals surface area (Å²) in [6, 6.07) is 0.651. The van der Waals surface area contributed by atoms with E-state index in [1.807, 2.05) is 6.08 Å². The maximum absolute atomic E-state index is 5.97. The minimum absolute atomic E-state index is 0.147. The SMILES string of the molecule is C=CCCCNC1CCOC(CC)(CC)C1. The summed E-state index contributed by atoms with van der Waals surface area (Å²) in [7, 11) is 0. The Balaban J connectivity index is 2.29. The van der Waals surface area contributed by atoms with Gasteiger partial charge in [-0.3, -0.25) is 0 Å². The zero-order valence-corrected chi connectivity index (χ0v) is 10.9. The van der Waals surface area contributed by atoms with Crippen molar-refractivity contribution in [3.8, 4) is 0 Å². The van der Waals surface area contributed by atoms with Crippen molar-refractivity contribution >= 4 is 0 Å². The van der Waals surface area contributed by atoms with Crippen LogP contribution >= 0.6 is 0 Å². The van der Waals surface area contributed by atoms with Gasteiger partial charge in [0.15, 0.2) is 0 Å². The molecule has 1 saturated heterocycles. The van der Waals surface area contributed by atoms with Crippen LogP contribution in [0.1, 0.15) is 52.4 Å². The van der Waals surface area contributed by atoms with E-state index in [9.17, 15) is 0 Å². The molecule has 2 heteroatoms. The first-order valence-corrected chi connectivity index (χ1v) is 6.74. The van der Waals surface area contributed by atoms with Crippen molar-refractivity contribution in [1.82, 2.24) is 5.32 Å². The Morgan fingerprint density at radius 3 is 2.81 bits per heavy atom. The fourth-order valence-corrected chi connectivity index (χ4v) is 2.50. The fraction of sp³-hybridized carbons (Fsp3) is 0.857. The van der Waals surface area contributed by atoms with E-state index in [1.54, 1.807) is 0 Å². The van der Waals surface area contributed by atoms with E-state index >= 15 is 0 Å². The second kappa shape index (κ2) is 7.08. The molecule has 1 fully saturated rings. The van der Waals surface area contributed by atoms with Gasteiger partial charge in [-0.2, -0.15) is 0 Å². The Bertz CT molecular complexity index is 199. The van der Waals surface area contributed by atoms with Crippen LogP contribution in [0.15, 0.2) is 12.7 Å². The van der Waals surface area contributed by atoms with E-state index in [4.69, 9.17) is 4.74 Å². The summed E-state index contributed by atoms with van der Waals surface area (Å²) in [5, 5.41) is 3.65. The monoisotopic (exact) mass is 225 g/mol. The third-order valence-corrected chi connectivity index (χ3v) is 3.80. The smallest absolute Gasteiger partial charge is 0.0692 e. The summed E-state index contributed by atoms with van der Waals surface area (Å²) in [6.45, 7) is 10.3. The largest absolute Gasteiger partial charge is 0.375 e. The Labute approximate surface area is 100 Å². The number of hydrogen-bond acceptors (Lipinski definition) is 2. The second-order valence-corrected chi connectivity index (χ2v) is 4.81. The maximum Gasteiger partial charge on any atom is 0.0692 e. The summed E-state index contributed by atoms with van der Waals surface area (Å²) in [5.41, 5.74) is 0.147. The molecule has 1 rings (SSSR count). The molecule has 0 aliphatic carbocycles. The van der Waals surface area contributed by atoms with E-state index in [1.165, 1.54) is 12.8 Å². The molecule has 0 spiro atoms. The standard InChI is InChI=1S/C14H27NO/c1-4-7-8-10-15-13-9-11-16-14(5-2,6-3)12-13/h4,13,15H,1,5-12H2,2-3H3. The first-order chi connectivity index (χ1) is 7.76. The van der Waals surface area contributed by atoms with Gasteiger partial charge < -0.3 is 10.1 Å². The molecule has 2 nitrogen and oxygen atoms in total. The molecule has 1 atom stereocenters. The van der Waals surface area contributed by atoms with Crippen LogP contribution in [0.2, 0.25) is 0 Å². The van der Waals surface area contributed by atoms with Gasteiger partial charge in [-0.1, -0.05) is 19.9 Å². The van der Waals surface area contributed by atoms with Gasteiger partial charge in [0, 0.05) is 12.6 Å². The Hall–Kier alpha value is -0.340. The average Bonchev–Trinajstić information content (AvgIpc) is 2.35. The number of rotatable bonds is 7. The maximum atomic E-state index is 5.97. The molecule has 0 amide bonds. The van der Waals surface area contributed by atoms with Gasteiger partial charge >= 0.3 is 0 Å². The van der Waals surface area contributed by atoms with Crippen LogP contribution in [-0.4, -0.2) is 24.8 Å². The Kier molecular flexibility index (Phi) is 6.07. The molecule has 16 heavy (non-hydrogen) atoms. The summed E-state index contributed by atoms with van der Waals surface area (Å²) >= 11 is 0. The lowest BCUT2D eigenvalue weighted by Gasteiger charge is -2.40. The molecule has 0 aromatic carbocycles. The zero-order chi connectivity index (χ0) is 11.9. The Morgan fingerprint density at radius 2 is 2.19 bits per heavy atom. The number of nitrogens with one attached hydrogen (secondary N) is 1. The lowest BCUT2D eigenvalue weighted by atomic mass is 9.86. The minimum Gasteiger partial charge on any atom is -0.375 e. The first-order valence-electron chi connectivity index (χ1n) is 6.74. The average molecular weight is 225 g/mol. The van der Waals surface area contributed by atoms with Crippen molar-refractivity contribution in [3.63, 3.8) is 0 Å². The summed E-state index contributed by atoms with van der Waals surface area (Å²) < 4.78 is 5.97. The number of allylic oxidation sites excluding steroid dienone is 1. The van der Waals surface area contributed by atoms with Crippen LogP contribution in [0.3, 0.4) is 0 Å². The van der Waals surface area contributed by atoms with Crippen LogP contribution < -0.4 is 5.32 Å². The molecule has 0 aromatic rings. The topological polar surface area (TPSA) is 21.3 Å². The highest BCUT2D eigenvalue weighted by Gasteiger charge is 2.33. The molecule has 0 saturated carbocycles. The first kappa shape index (κ1) is 13.7. The van der Waals surface area contributed by atoms with Crippen LogP contribution in [0.25, 0.3) is 0 Å². The highest BCUT2D eigenvalue weighted by Crippen LogP contribution is 2.31. The predicted octanol–water partition coefficient (Wildman–Crippen LogP) is 3.28. The van der Waals surface area contributed by atoms with Crippen molar-refractivity contribution in [3.05, 3.63) is 12.7 Å². The van der Waals surface area contributed by atoms with E-state index in [2.05, 4.69) is 25.7 Å². The molecule has 1 aliphatic heterocycles. The fourth-order valence-electron chi connectivity index (χ4n) is 2.50. The lowest BCUT2D eigenvalue weighted by molar-refractivity contribution is -0.0929. The molecule has 0 aromatic heterocycles. The van der Waals surface area contributed by atoms with Gasteiger partial charge in [0.25, 0.3) is 0 Å². The van der Waals surface area contributed by atoms with Crippen molar-refractivity contribution in [2.45, 2.75) is 64.0 Å². The van der Waals surface area contributed by atoms with Crippen LogP contribution in [0.5, 0.6) is 0 Å². The third kappa shape index (κ3) is 3.91. The summed E-state index contributed by atoms with van der Waals surface area (Å²) in [5.74, 6) is 0. The number of ether oxygens (including phenoxy) is 1. The van der Waals surface area contributed by atoms with E-state index in [0.717, 1.165) is 38.8 Å². The quantitative estimate of drug-likeness (QED) is 0.530. The van der Waals surface area contributed by atoms with Gasteiger partial charge in [0.1, 0.15) is 0 Å². The van der Waals surface area contributed by atoms with Gasteiger partial charge in [-0.25, -0.2) is 0 Å². The van der Waals surface area contributed by atoms with E-state index < -0.39 is 0 Å². The van der Waals surface area contributed by atoms with Crippen molar-refractivity contribution < 1.29 is 4.74 Å². The molecule has 0 bridgehead atoms. The molecule has 1 aliphatic rings. The molecule has 1 N–H and O–H groups in total. The van der Waals surface area contributed by atoms with Crippen molar-refractivity contribution in [2.24, 2.45) is 0 Å². The third-order valence-electron chi connectivity index (χ3n) is 3.80. The van der Waals surface area contributed by atoms with Gasteiger partial charge in [0.2, 0.25) is 0 Å². The number of unbranched alkanes of at least 4 members (excludes halogenated alkanes) is 1. The molecule has 94 valence electrons. The highest BCUT2D eigenvalue weighted by atomic mass is 16.5. The minimum atomic E-state index is 0.147. The molecule has 1 heterocycles. The van der Waals surface area contributed by atoms with Gasteiger partial charge in [-0.05, 0) is 45.1 Å². The zero-order valence-electron chi connectivity index (χ0n) is 10.9. The highest BCUT2D eigenvalue weighted by molar-refractivity contribution is 4.88. The molecular weight excluding hydrogens is 198 g/mol. The molecule has 0 radical (unpaired) electrons. The molecule has 1 unspecified atom stereocenters. The van der Waals surface area contributed by atoms with Crippen LogP contribution in [-0.2, 0) is 4.74 Å². The second-order valence-electron chi connectivity index (χ2n) is 4.81. The van der Waals surface area contributed by atoms with Gasteiger partial charge in [-0.15, -0.1) is 6.58 Å². The van der Waals surface area contributed by atoms with Crippen molar-refractivity contribution in [2.75, 3.05) is 13.2 Å². The number of hydrogen-bond donors (Lipinski definition) is 1. The summed E-state index contributed by atoms with van der Waals surface area (Å²) in [4.78, 5) is 0. The Morgan fingerprint density at radius 1 is 1.44 bits per heavy atom. The predicted molar refractivity (Wildman–Crippen MR) is 69.7 cm³/mol. The normalized spacial score (nSPS) is 24.2. The van der Waals surface area contributed by atoms with E-state index in [0.29, 0.717) is 6.04 Å². The molecular formula is C14H27NO. The summed E-state index contributed by atoms with van der Waals surface area (Å²) in [6.07, 6.45) is 8.91. The van der Waals surface area contributed by atoms with E-state index in [-0.39, 0.29) is 5.60 Å². The van der Waals surface area contributed by atoms with Gasteiger partial charge in [0.05, 0.1) is 5.60 Å². The lowest BCUT2D eigenvalue weighted by Crippen LogP contribution is -2.46. The van der Waals surface area contributed by atoms with Crippen molar-refractivity contribution in [1.29, 1.82) is 0 Å². The van der Waals surface area contributed by atoms with Crippen LogP contribution in [0, 0.1) is 0 Å².